The van der Waals surface area contributed by atoms with Gasteiger partial charge in [-0.2, -0.15) is 0 Å². The molecule has 0 bridgehead atoms. The monoisotopic (exact) mass is 412 g/mol. The molecule has 2 rings (SSSR count). The largest absolute Gasteiger partial charge is 0.332 e. The lowest BCUT2D eigenvalue weighted by Crippen LogP contribution is -2.42. The van der Waals surface area contributed by atoms with Crippen molar-refractivity contribution in [1.82, 2.24) is 14.5 Å². The van der Waals surface area contributed by atoms with E-state index in [9.17, 15) is 19.2 Å². The Balaban J connectivity index is 2.06. The van der Waals surface area contributed by atoms with E-state index < -0.39 is 23.1 Å². The molecule has 1 aromatic heterocycles. The van der Waals surface area contributed by atoms with E-state index in [2.05, 4.69) is 10.3 Å². The van der Waals surface area contributed by atoms with Crippen LogP contribution in [0.25, 0.3) is 0 Å². The van der Waals surface area contributed by atoms with Crippen LogP contribution in [-0.2, 0) is 16.1 Å². The summed E-state index contributed by atoms with van der Waals surface area (Å²) in [6.45, 7) is 1.70. The molecule has 27 heavy (non-hydrogen) atoms. The fraction of sp³-hybridized carbons (Fsp3) is 0.294. The van der Waals surface area contributed by atoms with Crippen LogP contribution in [0.5, 0.6) is 0 Å². The predicted octanol–water partition coefficient (Wildman–Crippen LogP) is 1.72. The highest BCUT2D eigenvalue weighted by atomic mass is 35.5. The number of halogens is 2. The molecule has 2 N–H and O–H groups in total. The van der Waals surface area contributed by atoms with E-state index in [-0.39, 0.29) is 18.1 Å². The van der Waals surface area contributed by atoms with Crippen LogP contribution >= 0.6 is 23.2 Å². The predicted molar refractivity (Wildman–Crippen MR) is 103 cm³/mol. The fourth-order valence-electron chi connectivity index (χ4n) is 2.33. The minimum Gasteiger partial charge on any atom is -0.332 e. The van der Waals surface area contributed by atoms with E-state index in [1.165, 1.54) is 17.2 Å². The standard InChI is InChI=1S/C17H18Cl2N4O4/c1-2-6-22(16(26)10-23-7-5-14(24)21-17(23)27)9-15(25)20-13-4-3-11(18)8-12(13)19/h3-5,7-8H,2,6,9-10H2,1H3,(H,20,25)(H,21,24,27). The van der Waals surface area contributed by atoms with Gasteiger partial charge in [-0.3, -0.25) is 23.9 Å². The summed E-state index contributed by atoms with van der Waals surface area (Å²) in [5, 5.41) is 3.34. The molecule has 0 atom stereocenters. The second-order valence-electron chi connectivity index (χ2n) is 5.73. The molecule has 144 valence electrons. The molecule has 10 heteroatoms. The second-order valence-corrected chi connectivity index (χ2v) is 6.57. The molecule has 0 saturated heterocycles. The number of hydrogen-bond acceptors (Lipinski definition) is 4. The van der Waals surface area contributed by atoms with Gasteiger partial charge in [0, 0.05) is 23.8 Å². The topological polar surface area (TPSA) is 104 Å². The molecule has 0 fully saturated rings. The molecule has 0 saturated carbocycles. The number of aromatic nitrogens is 2. The number of carbonyl (C=O) groups excluding carboxylic acids is 2. The quantitative estimate of drug-likeness (QED) is 0.721. The first-order chi connectivity index (χ1) is 12.8. The molecule has 0 aliphatic rings. The summed E-state index contributed by atoms with van der Waals surface area (Å²) in [6.07, 6.45) is 1.86. The first-order valence-corrected chi connectivity index (χ1v) is 8.88. The van der Waals surface area contributed by atoms with Crippen molar-refractivity contribution in [3.8, 4) is 0 Å². The number of nitrogens with zero attached hydrogens (tertiary/aromatic N) is 2. The van der Waals surface area contributed by atoms with Crippen molar-refractivity contribution in [2.45, 2.75) is 19.9 Å². The maximum absolute atomic E-state index is 12.5. The smallest absolute Gasteiger partial charge is 0.328 e. The third-order valence-electron chi connectivity index (χ3n) is 3.59. The molecule has 0 unspecified atom stereocenters. The molecular formula is C17H18Cl2N4O4. The van der Waals surface area contributed by atoms with Gasteiger partial charge in [-0.15, -0.1) is 0 Å². The number of hydrogen-bond donors (Lipinski definition) is 2. The van der Waals surface area contributed by atoms with E-state index >= 15 is 0 Å². The first-order valence-electron chi connectivity index (χ1n) is 8.12. The van der Waals surface area contributed by atoms with E-state index in [0.717, 1.165) is 10.6 Å². The average molecular weight is 413 g/mol. The number of benzene rings is 1. The molecule has 8 nitrogen and oxygen atoms in total. The van der Waals surface area contributed by atoms with E-state index in [4.69, 9.17) is 23.2 Å². The lowest BCUT2D eigenvalue weighted by Gasteiger charge is -2.22. The number of anilines is 1. The summed E-state index contributed by atoms with van der Waals surface area (Å²) < 4.78 is 1.07. The Labute approximate surface area is 164 Å². The second kappa shape index (κ2) is 9.38. The maximum atomic E-state index is 12.5. The van der Waals surface area contributed by atoms with Gasteiger partial charge in [-0.1, -0.05) is 30.1 Å². The zero-order chi connectivity index (χ0) is 20.0. The summed E-state index contributed by atoms with van der Waals surface area (Å²) in [4.78, 5) is 51.0. The van der Waals surface area contributed by atoms with Crippen LogP contribution in [-0.4, -0.2) is 39.4 Å². The molecule has 2 amide bonds. The number of aromatic amines is 1. The van der Waals surface area contributed by atoms with Crippen molar-refractivity contribution in [3.63, 3.8) is 0 Å². The highest BCUT2D eigenvalue weighted by Gasteiger charge is 2.18. The lowest BCUT2D eigenvalue weighted by atomic mass is 10.3. The van der Waals surface area contributed by atoms with Crippen molar-refractivity contribution >= 4 is 40.7 Å². The van der Waals surface area contributed by atoms with Gasteiger partial charge < -0.3 is 10.2 Å². The molecule has 2 aromatic rings. The van der Waals surface area contributed by atoms with Crippen LogP contribution in [0, 0.1) is 0 Å². The number of carbonyl (C=O) groups is 2. The number of amides is 2. The SMILES string of the molecule is CCCN(CC(=O)Nc1ccc(Cl)cc1Cl)C(=O)Cn1ccc(=O)[nH]c1=O. The lowest BCUT2D eigenvalue weighted by molar-refractivity contribution is -0.135. The maximum Gasteiger partial charge on any atom is 0.328 e. The van der Waals surface area contributed by atoms with Crippen molar-refractivity contribution < 1.29 is 9.59 Å². The van der Waals surface area contributed by atoms with Crippen LogP contribution < -0.4 is 16.6 Å². The van der Waals surface area contributed by atoms with Crippen LogP contribution in [0.3, 0.4) is 0 Å². The van der Waals surface area contributed by atoms with Gasteiger partial charge in [0.25, 0.3) is 5.56 Å². The zero-order valence-electron chi connectivity index (χ0n) is 14.5. The normalized spacial score (nSPS) is 10.5. The first kappa shape index (κ1) is 20.7. The highest BCUT2D eigenvalue weighted by Crippen LogP contribution is 2.25. The van der Waals surface area contributed by atoms with E-state index in [1.54, 1.807) is 12.1 Å². The number of rotatable bonds is 7. The molecule has 0 radical (unpaired) electrons. The van der Waals surface area contributed by atoms with Gasteiger partial charge in [0.05, 0.1) is 17.3 Å². The number of nitrogens with one attached hydrogen (secondary N) is 2. The highest BCUT2D eigenvalue weighted by molar-refractivity contribution is 6.36. The summed E-state index contributed by atoms with van der Waals surface area (Å²) in [5.74, 6) is -0.863. The van der Waals surface area contributed by atoms with Gasteiger partial charge in [-0.05, 0) is 24.6 Å². The Hall–Kier alpha value is -2.58. The van der Waals surface area contributed by atoms with E-state index in [1.807, 2.05) is 6.92 Å². The van der Waals surface area contributed by atoms with Gasteiger partial charge in [0.1, 0.15) is 6.54 Å². The van der Waals surface area contributed by atoms with Crippen molar-refractivity contribution in [2.75, 3.05) is 18.4 Å². The summed E-state index contributed by atoms with van der Waals surface area (Å²) in [6, 6.07) is 5.79. The van der Waals surface area contributed by atoms with Crippen LogP contribution in [0.4, 0.5) is 5.69 Å². The van der Waals surface area contributed by atoms with Gasteiger partial charge in [-0.25, -0.2) is 4.79 Å². The molecule has 1 heterocycles. The Morgan fingerprint density at radius 3 is 2.59 bits per heavy atom. The Morgan fingerprint density at radius 2 is 1.96 bits per heavy atom. The third-order valence-corrected chi connectivity index (χ3v) is 4.14. The van der Waals surface area contributed by atoms with Crippen LogP contribution in [0.2, 0.25) is 10.0 Å². The average Bonchev–Trinajstić information content (AvgIpc) is 2.59. The zero-order valence-corrected chi connectivity index (χ0v) is 16.0. The Morgan fingerprint density at radius 1 is 1.22 bits per heavy atom. The molecule has 0 spiro atoms. The molecular weight excluding hydrogens is 395 g/mol. The van der Waals surface area contributed by atoms with Gasteiger partial charge in [0.2, 0.25) is 11.8 Å². The van der Waals surface area contributed by atoms with Crippen molar-refractivity contribution in [3.05, 3.63) is 61.3 Å². The van der Waals surface area contributed by atoms with Gasteiger partial charge >= 0.3 is 5.69 Å². The number of H-pyrrole nitrogens is 1. The fourth-order valence-corrected chi connectivity index (χ4v) is 2.79. The van der Waals surface area contributed by atoms with E-state index in [0.29, 0.717) is 23.7 Å². The van der Waals surface area contributed by atoms with Crippen LogP contribution in [0.15, 0.2) is 40.1 Å². The van der Waals surface area contributed by atoms with Crippen LogP contribution in [0.1, 0.15) is 13.3 Å². The summed E-state index contributed by atoms with van der Waals surface area (Å²) in [7, 11) is 0. The molecule has 0 aliphatic heterocycles. The summed E-state index contributed by atoms with van der Waals surface area (Å²) >= 11 is 11.8. The third kappa shape index (κ3) is 5.97. The van der Waals surface area contributed by atoms with Crippen molar-refractivity contribution in [2.24, 2.45) is 0 Å². The summed E-state index contributed by atoms with van der Waals surface area (Å²) in [5.41, 5.74) is -0.857. The molecule has 0 aliphatic carbocycles. The molecule has 1 aromatic carbocycles. The minimum absolute atomic E-state index is 0.205. The Kier molecular flexibility index (Phi) is 7.20. The van der Waals surface area contributed by atoms with Gasteiger partial charge in [0.15, 0.2) is 0 Å². The van der Waals surface area contributed by atoms with Crippen molar-refractivity contribution in [1.29, 1.82) is 0 Å². The minimum atomic E-state index is -0.690. The Bertz CT molecular complexity index is 954.